The van der Waals surface area contributed by atoms with Crippen LogP contribution in [0.15, 0.2) is 42.6 Å². The number of aromatic nitrogens is 2. The van der Waals surface area contributed by atoms with Gasteiger partial charge in [0.05, 0.1) is 25.6 Å². The van der Waals surface area contributed by atoms with Gasteiger partial charge in [0.1, 0.15) is 22.9 Å². The summed E-state index contributed by atoms with van der Waals surface area (Å²) in [6.45, 7) is 5.63. The second-order valence-electron chi connectivity index (χ2n) is 10.7. The van der Waals surface area contributed by atoms with E-state index in [1.165, 1.54) is 19.1 Å². The third-order valence-electron chi connectivity index (χ3n) is 7.97. The standard InChI is InChI=1S/C30H35F3N8O5/c1-19(42)38-8-10-39(11-9-38)21-5-7-24(26(17-21)46-3)36-28-34-18-22(30(31,32)33)27(37-28)35-23-6-4-20(16-25(23)45-2)40-12-14-41(15-13-40)29(43)44/h4-7,16-18H,8-15H2,1-3H3,(H,43,44)(H2,34,35,36,37). The Morgan fingerprint density at radius 3 is 1.76 bits per heavy atom. The number of nitrogens with zero attached hydrogens (tertiary/aromatic N) is 6. The molecule has 0 unspecified atom stereocenters. The average molecular weight is 645 g/mol. The van der Waals surface area contributed by atoms with E-state index in [-0.39, 0.29) is 23.3 Å². The number of hydrogen-bond donors (Lipinski definition) is 3. The fourth-order valence-electron chi connectivity index (χ4n) is 5.39. The van der Waals surface area contributed by atoms with Gasteiger partial charge in [0, 0.05) is 89.0 Å². The van der Waals surface area contributed by atoms with Crippen LogP contribution in [0.25, 0.3) is 0 Å². The number of ether oxygens (including phenoxy) is 2. The summed E-state index contributed by atoms with van der Waals surface area (Å²) in [5, 5.41) is 14.9. The number of anilines is 6. The molecular formula is C30H35F3N8O5. The zero-order valence-corrected chi connectivity index (χ0v) is 25.6. The lowest BCUT2D eigenvalue weighted by Gasteiger charge is -2.35. The maximum atomic E-state index is 14.0. The van der Waals surface area contributed by atoms with Crippen LogP contribution in [0.2, 0.25) is 0 Å². The normalized spacial score (nSPS) is 15.4. The van der Waals surface area contributed by atoms with E-state index in [1.54, 1.807) is 36.1 Å². The van der Waals surface area contributed by atoms with E-state index in [9.17, 15) is 27.9 Å². The molecule has 0 atom stereocenters. The second kappa shape index (κ2) is 13.5. The van der Waals surface area contributed by atoms with Gasteiger partial charge in [0.15, 0.2) is 0 Å². The predicted molar refractivity (Wildman–Crippen MR) is 166 cm³/mol. The highest BCUT2D eigenvalue weighted by molar-refractivity contribution is 5.75. The average Bonchev–Trinajstić information content (AvgIpc) is 3.04. The maximum Gasteiger partial charge on any atom is 0.421 e. The number of nitrogens with one attached hydrogen (secondary N) is 2. The molecule has 0 bridgehead atoms. The van der Waals surface area contributed by atoms with Crippen LogP contribution in [0.3, 0.4) is 0 Å². The van der Waals surface area contributed by atoms with Crippen molar-refractivity contribution in [2.75, 3.05) is 87.0 Å². The van der Waals surface area contributed by atoms with E-state index in [0.717, 1.165) is 11.4 Å². The van der Waals surface area contributed by atoms with Crippen LogP contribution in [0, 0.1) is 0 Å². The summed E-state index contributed by atoms with van der Waals surface area (Å²) in [7, 11) is 2.89. The molecule has 3 aromatic rings. The van der Waals surface area contributed by atoms with E-state index >= 15 is 0 Å². The molecule has 16 heteroatoms. The third kappa shape index (κ3) is 7.21. The molecule has 0 radical (unpaired) electrons. The number of piperazine rings is 2. The number of carboxylic acid groups (broad SMARTS) is 1. The first kappa shape index (κ1) is 32.2. The lowest BCUT2D eigenvalue weighted by atomic mass is 10.2. The van der Waals surface area contributed by atoms with Gasteiger partial charge >= 0.3 is 12.3 Å². The molecule has 246 valence electrons. The van der Waals surface area contributed by atoms with Crippen molar-refractivity contribution in [3.63, 3.8) is 0 Å². The number of hydrogen-bond acceptors (Lipinski definition) is 10. The molecule has 0 saturated carbocycles. The number of rotatable bonds is 8. The lowest BCUT2D eigenvalue weighted by Crippen LogP contribution is -2.48. The van der Waals surface area contributed by atoms with Crippen molar-refractivity contribution in [1.29, 1.82) is 0 Å². The number of carbonyl (C=O) groups is 2. The van der Waals surface area contributed by atoms with Crippen molar-refractivity contribution < 1.29 is 37.3 Å². The molecule has 2 fully saturated rings. The van der Waals surface area contributed by atoms with Gasteiger partial charge in [0.2, 0.25) is 11.9 Å². The molecule has 0 aliphatic carbocycles. The van der Waals surface area contributed by atoms with Crippen LogP contribution in [0.1, 0.15) is 12.5 Å². The summed E-state index contributed by atoms with van der Waals surface area (Å²) < 4.78 is 53.1. The summed E-state index contributed by atoms with van der Waals surface area (Å²) in [5.41, 5.74) is 1.24. The topological polar surface area (TPSA) is 136 Å². The highest BCUT2D eigenvalue weighted by Gasteiger charge is 2.36. The second-order valence-corrected chi connectivity index (χ2v) is 10.7. The fourth-order valence-corrected chi connectivity index (χ4v) is 5.39. The summed E-state index contributed by atoms with van der Waals surface area (Å²) in [4.78, 5) is 38.2. The summed E-state index contributed by atoms with van der Waals surface area (Å²) >= 11 is 0. The van der Waals surface area contributed by atoms with Crippen LogP contribution >= 0.6 is 0 Å². The Morgan fingerprint density at radius 1 is 0.804 bits per heavy atom. The first-order valence-corrected chi connectivity index (χ1v) is 14.5. The lowest BCUT2D eigenvalue weighted by molar-refractivity contribution is -0.137. The molecule has 1 aromatic heterocycles. The van der Waals surface area contributed by atoms with E-state index in [2.05, 4.69) is 25.5 Å². The van der Waals surface area contributed by atoms with Gasteiger partial charge < -0.3 is 44.8 Å². The highest BCUT2D eigenvalue weighted by atomic mass is 19.4. The molecule has 2 aromatic carbocycles. The molecule has 5 rings (SSSR count). The quantitative estimate of drug-likeness (QED) is 0.321. The number of benzene rings is 2. The third-order valence-corrected chi connectivity index (χ3v) is 7.97. The van der Waals surface area contributed by atoms with Crippen LogP contribution < -0.4 is 29.9 Å². The van der Waals surface area contributed by atoms with Crippen molar-refractivity contribution in [3.05, 3.63) is 48.2 Å². The Labute approximate surface area is 263 Å². The van der Waals surface area contributed by atoms with Gasteiger partial charge in [-0.3, -0.25) is 4.79 Å². The minimum Gasteiger partial charge on any atom is -0.494 e. The predicted octanol–water partition coefficient (Wildman–Crippen LogP) is 4.47. The van der Waals surface area contributed by atoms with E-state index in [1.807, 2.05) is 17.0 Å². The molecule has 2 amide bonds. The van der Waals surface area contributed by atoms with Gasteiger partial charge in [-0.1, -0.05) is 0 Å². The minimum atomic E-state index is -4.75. The molecule has 0 spiro atoms. The maximum absolute atomic E-state index is 14.0. The number of halogens is 3. The van der Waals surface area contributed by atoms with Crippen molar-refractivity contribution in [2.45, 2.75) is 13.1 Å². The summed E-state index contributed by atoms with van der Waals surface area (Å²) in [5.74, 6) is 0.172. The SMILES string of the molecule is COc1cc(N2CCN(C(C)=O)CC2)ccc1Nc1ncc(C(F)(F)F)c(Nc2ccc(N3CCN(C(=O)O)CC3)cc2OC)n1. The Hall–Kier alpha value is -5.15. The van der Waals surface area contributed by atoms with Gasteiger partial charge in [-0.25, -0.2) is 9.78 Å². The summed E-state index contributed by atoms with van der Waals surface area (Å²) in [6, 6.07) is 10.4. The Balaban J connectivity index is 1.36. The van der Waals surface area contributed by atoms with Crippen molar-refractivity contribution >= 4 is 46.5 Å². The van der Waals surface area contributed by atoms with Crippen molar-refractivity contribution in [1.82, 2.24) is 19.8 Å². The van der Waals surface area contributed by atoms with Crippen LogP contribution in [-0.4, -0.2) is 103 Å². The molecule has 3 N–H and O–H groups in total. The largest absolute Gasteiger partial charge is 0.494 e. The van der Waals surface area contributed by atoms with Gasteiger partial charge in [-0.15, -0.1) is 0 Å². The molecule has 2 saturated heterocycles. The fraction of sp³-hybridized carbons (Fsp3) is 0.400. The summed E-state index contributed by atoms with van der Waals surface area (Å²) in [6.07, 6.45) is -5.02. The first-order chi connectivity index (χ1) is 22.0. The van der Waals surface area contributed by atoms with E-state index in [4.69, 9.17) is 9.47 Å². The number of carbonyl (C=O) groups excluding carboxylic acids is 1. The van der Waals surface area contributed by atoms with Gasteiger partial charge in [0.25, 0.3) is 0 Å². The van der Waals surface area contributed by atoms with Crippen LogP contribution in [0.5, 0.6) is 11.5 Å². The molecule has 3 heterocycles. The molecule has 2 aliphatic rings. The van der Waals surface area contributed by atoms with Gasteiger partial charge in [-0.05, 0) is 24.3 Å². The van der Waals surface area contributed by atoms with Crippen molar-refractivity contribution in [3.8, 4) is 11.5 Å². The zero-order chi connectivity index (χ0) is 33.0. The Bertz CT molecular complexity index is 1570. The first-order valence-electron chi connectivity index (χ1n) is 14.5. The minimum absolute atomic E-state index is 0.0332. The molecular weight excluding hydrogens is 609 g/mol. The molecule has 2 aliphatic heterocycles. The Morgan fingerprint density at radius 2 is 1.30 bits per heavy atom. The van der Waals surface area contributed by atoms with Crippen molar-refractivity contribution in [2.24, 2.45) is 0 Å². The smallest absolute Gasteiger partial charge is 0.421 e. The van der Waals surface area contributed by atoms with Crippen LogP contribution in [0.4, 0.5) is 52.5 Å². The monoisotopic (exact) mass is 644 g/mol. The zero-order valence-electron chi connectivity index (χ0n) is 25.6. The van der Waals surface area contributed by atoms with E-state index in [0.29, 0.717) is 70.0 Å². The molecule has 13 nitrogen and oxygen atoms in total. The number of methoxy groups -OCH3 is 2. The highest BCUT2D eigenvalue weighted by Crippen LogP contribution is 2.39. The van der Waals surface area contributed by atoms with E-state index < -0.39 is 23.7 Å². The number of alkyl halides is 3. The molecule has 46 heavy (non-hydrogen) atoms. The van der Waals surface area contributed by atoms with Gasteiger partial charge in [-0.2, -0.15) is 18.2 Å². The Kier molecular flexibility index (Phi) is 9.44. The number of amides is 2. The van der Waals surface area contributed by atoms with Crippen LogP contribution in [-0.2, 0) is 11.0 Å².